The number of nitrogens with zero attached hydrogens (tertiary/aromatic N) is 1. The van der Waals surface area contributed by atoms with Gasteiger partial charge in [-0.15, -0.1) is 36.2 Å². The molecule has 2 bridgehead atoms. The number of carbonyl (C=O) groups excluding carboxylic acids is 1. The maximum atomic E-state index is 12.8. The fourth-order valence-electron chi connectivity index (χ4n) is 4.34. The van der Waals surface area contributed by atoms with Gasteiger partial charge in [0, 0.05) is 18.5 Å². The monoisotopic (exact) mass is 407 g/mol. The molecule has 4 nitrogen and oxygen atoms in total. The third kappa shape index (κ3) is 5.31. The summed E-state index contributed by atoms with van der Waals surface area (Å²) in [6.45, 7) is 6.32. The zero-order valence-corrected chi connectivity index (χ0v) is 17.7. The summed E-state index contributed by atoms with van der Waals surface area (Å²) in [7, 11) is 0. The first-order valence-corrected chi connectivity index (χ1v) is 9.78. The van der Waals surface area contributed by atoms with Gasteiger partial charge < -0.3 is 11.1 Å². The van der Waals surface area contributed by atoms with Crippen LogP contribution in [0.2, 0.25) is 0 Å². The maximum absolute atomic E-state index is 12.8. The van der Waals surface area contributed by atoms with Gasteiger partial charge >= 0.3 is 0 Å². The molecule has 2 aliphatic carbocycles. The van der Waals surface area contributed by atoms with Crippen LogP contribution in [0.1, 0.15) is 66.3 Å². The summed E-state index contributed by atoms with van der Waals surface area (Å²) in [6.07, 6.45) is 6.75. The average Bonchev–Trinajstić information content (AvgIpc) is 2.79. The Bertz CT molecular complexity index is 565. The highest BCUT2D eigenvalue weighted by Crippen LogP contribution is 2.40. The van der Waals surface area contributed by atoms with E-state index in [9.17, 15) is 4.79 Å². The van der Waals surface area contributed by atoms with E-state index < -0.39 is 0 Å². The van der Waals surface area contributed by atoms with Crippen LogP contribution in [0.25, 0.3) is 0 Å². The molecular weight excluding hydrogens is 377 g/mol. The van der Waals surface area contributed by atoms with E-state index in [-0.39, 0.29) is 30.7 Å². The smallest absolute Gasteiger partial charge is 0.263 e. The zero-order chi connectivity index (χ0) is 16.6. The summed E-state index contributed by atoms with van der Waals surface area (Å²) < 4.78 is 0. The summed E-state index contributed by atoms with van der Waals surface area (Å²) in [4.78, 5) is 18.2. The van der Waals surface area contributed by atoms with Gasteiger partial charge in [-0.05, 0) is 50.4 Å². The van der Waals surface area contributed by atoms with Crippen molar-refractivity contribution in [1.82, 2.24) is 10.3 Å². The minimum Gasteiger partial charge on any atom is -0.348 e. The lowest BCUT2D eigenvalue weighted by atomic mass is 9.67. The Labute approximate surface area is 167 Å². The van der Waals surface area contributed by atoms with E-state index in [0.29, 0.717) is 29.8 Å². The van der Waals surface area contributed by atoms with Crippen LogP contribution in [0.15, 0.2) is 0 Å². The van der Waals surface area contributed by atoms with Crippen LogP contribution >= 0.6 is 36.2 Å². The van der Waals surface area contributed by atoms with Gasteiger partial charge in [-0.1, -0.05) is 20.3 Å². The number of hydrogen-bond acceptors (Lipinski definition) is 4. The van der Waals surface area contributed by atoms with E-state index in [1.807, 2.05) is 6.92 Å². The molecule has 2 fully saturated rings. The van der Waals surface area contributed by atoms with Crippen molar-refractivity contribution in [1.29, 1.82) is 0 Å². The predicted octanol–water partition coefficient (Wildman–Crippen LogP) is 4.13. The molecule has 2 saturated carbocycles. The predicted molar refractivity (Wildman–Crippen MR) is 109 cm³/mol. The fourth-order valence-corrected chi connectivity index (χ4v) is 5.52. The Morgan fingerprint density at radius 3 is 2.44 bits per heavy atom. The lowest BCUT2D eigenvalue weighted by molar-refractivity contribution is 0.0759. The van der Waals surface area contributed by atoms with Crippen molar-refractivity contribution in [2.75, 3.05) is 0 Å². The highest BCUT2D eigenvalue weighted by Gasteiger charge is 2.40. The van der Waals surface area contributed by atoms with Crippen molar-refractivity contribution in [2.24, 2.45) is 23.5 Å². The van der Waals surface area contributed by atoms with Crippen molar-refractivity contribution in [3.63, 3.8) is 0 Å². The Balaban J connectivity index is 0.00000156. The van der Waals surface area contributed by atoms with Crippen molar-refractivity contribution >= 4 is 42.1 Å². The van der Waals surface area contributed by atoms with Gasteiger partial charge in [-0.2, -0.15) is 0 Å². The molecular formula is C18H31Cl2N3OS. The number of halogens is 2. The number of rotatable bonds is 4. The second-order valence-electron chi connectivity index (χ2n) is 7.80. The van der Waals surface area contributed by atoms with Gasteiger partial charge in [0.1, 0.15) is 4.88 Å². The van der Waals surface area contributed by atoms with E-state index in [2.05, 4.69) is 24.1 Å². The summed E-state index contributed by atoms with van der Waals surface area (Å²) >= 11 is 1.57. The quantitative estimate of drug-likeness (QED) is 0.787. The van der Waals surface area contributed by atoms with Crippen LogP contribution in [0.4, 0.5) is 0 Å². The third-order valence-electron chi connectivity index (χ3n) is 5.30. The van der Waals surface area contributed by atoms with E-state index >= 15 is 0 Å². The molecule has 1 aromatic heterocycles. The first-order chi connectivity index (χ1) is 10.9. The van der Waals surface area contributed by atoms with Crippen LogP contribution in [-0.2, 0) is 6.42 Å². The van der Waals surface area contributed by atoms with E-state index in [4.69, 9.17) is 5.73 Å². The molecule has 1 heterocycles. The minimum atomic E-state index is 0. The average molecular weight is 408 g/mol. The second-order valence-corrected chi connectivity index (χ2v) is 8.89. The second kappa shape index (κ2) is 9.54. The Morgan fingerprint density at radius 1 is 1.28 bits per heavy atom. The highest BCUT2D eigenvalue weighted by molar-refractivity contribution is 7.13. The molecule has 144 valence electrons. The molecule has 25 heavy (non-hydrogen) atoms. The van der Waals surface area contributed by atoms with E-state index in [0.717, 1.165) is 34.8 Å². The number of amides is 1. The number of aromatic nitrogens is 1. The van der Waals surface area contributed by atoms with Gasteiger partial charge in [0.25, 0.3) is 5.91 Å². The number of nitrogens with two attached hydrogens (primary N) is 1. The first-order valence-electron chi connectivity index (χ1n) is 8.96. The van der Waals surface area contributed by atoms with Crippen molar-refractivity contribution in [3.8, 4) is 0 Å². The molecule has 3 N–H and O–H groups in total. The molecule has 0 aromatic carbocycles. The van der Waals surface area contributed by atoms with E-state index in [1.165, 1.54) is 19.3 Å². The third-order valence-corrected chi connectivity index (χ3v) is 6.48. The number of thiazole rings is 1. The normalized spacial score (nSPS) is 28.0. The van der Waals surface area contributed by atoms with Gasteiger partial charge in [0.05, 0.1) is 10.7 Å². The van der Waals surface area contributed by atoms with Crippen molar-refractivity contribution in [2.45, 2.75) is 71.4 Å². The first kappa shape index (κ1) is 22.7. The lowest BCUT2D eigenvalue weighted by Gasteiger charge is -2.45. The lowest BCUT2D eigenvalue weighted by Crippen LogP contribution is -2.53. The van der Waals surface area contributed by atoms with E-state index in [1.54, 1.807) is 11.3 Å². The molecule has 0 saturated heterocycles. The van der Waals surface area contributed by atoms with Crippen LogP contribution in [0, 0.1) is 24.7 Å². The topological polar surface area (TPSA) is 68.0 Å². The SMILES string of the molecule is Cc1nc(CC(C)C)sc1C(=O)NC1C2CCCC1CC(N)C2.Cl.Cl. The Kier molecular flexibility index (Phi) is 8.65. The molecule has 2 aliphatic rings. The van der Waals surface area contributed by atoms with Crippen molar-refractivity contribution in [3.05, 3.63) is 15.6 Å². The van der Waals surface area contributed by atoms with Crippen LogP contribution in [-0.4, -0.2) is 23.0 Å². The molecule has 0 aliphatic heterocycles. The summed E-state index contributed by atoms with van der Waals surface area (Å²) in [5.41, 5.74) is 7.06. The Hall–Kier alpha value is -0.360. The van der Waals surface area contributed by atoms with Gasteiger partial charge in [0.2, 0.25) is 0 Å². The van der Waals surface area contributed by atoms with Crippen LogP contribution < -0.4 is 11.1 Å². The molecule has 1 amide bonds. The number of fused-ring (bicyclic) bond motifs is 2. The highest BCUT2D eigenvalue weighted by atomic mass is 35.5. The number of nitrogens with one attached hydrogen (secondary N) is 1. The summed E-state index contributed by atoms with van der Waals surface area (Å²) in [5.74, 6) is 1.76. The number of hydrogen-bond donors (Lipinski definition) is 2. The summed E-state index contributed by atoms with van der Waals surface area (Å²) in [5, 5.41) is 4.42. The van der Waals surface area contributed by atoms with Gasteiger partial charge in [-0.3, -0.25) is 4.79 Å². The Morgan fingerprint density at radius 2 is 1.88 bits per heavy atom. The molecule has 7 heteroatoms. The molecule has 1 aromatic rings. The van der Waals surface area contributed by atoms with Crippen LogP contribution in [0.3, 0.4) is 0 Å². The fraction of sp³-hybridized carbons (Fsp3) is 0.778. The molecule has 0 spiro atoms. The maximum Gasteiger partial charge on any atom is 0.263 e. The van der Waals surface area contributed by atoms with Crippen LogP contribution in [0.5, 0.6) is 0 Å². The van der Waals surface area contributed by atoms with Gasteiger partial charge in [-0.25, -0.2) is 4.98 Å². The minimum absolute atomic E-state index is 0. The largest absolute Gasteiger partial charge is 0.348 e. The zero-order valence-electron chi connectivity index (χ0n) is 15.3. The molecule has 3 rings (SSSR count). The van der Waals surface area contributed by atoms with Crippen molar-refractivity contribution < 1.29 is 4.79 Å². The summed E-state index contributed by atoms with van der Waals surface area (Å²) in [6, 6.07) is 0.632. The molecule has 2 atom stereocenters. The molecule has 0 radical (unpaired) electrons. The number of carbonyl (C=O) groups is 1. The number of aryl methyl sites for hydroxylation is 1. The van der Waals surface area contributed by atoms with Gasteiger partial charge in [0.15, 0.2) is 0 Å². The molecule has 2 unspecified atom stereocenters. The standard InChI is InChI=1S/C18H29N3OS.2ClH/c1-10(2)7-15-20-11(3)17(23-15)18(22)21-16-12-5-4-6-13(16)9-14(19)8-12;;/h10,12-14,16H,4-9,19H2,1-3H3,(H,21,22);2*1H.